The molecule has 0 saturated carbocycles. The van der Waals surface area contributed by atoms with Gasteiger partial charge in [0.2, 0.25) is 0 Å². The van der Waals surface area contributed by atoms with Crippen LogP contribution in [0.3, 0.4) is 0 Å². The summed E-state index contributed by atoms with van der Waals surface area (Å²) in [7, 11) is 0. The van der Waals surface area contributed by atoms with Crippen molar-refractivity contribution in [2.45, 2.75) is 10.1 Å². The van der Waals surface area contributed by atoms with Crippen LogP contribution in [0.2, 0.25) is 0 Å². The van der Waals surface area contributed by atoms with Gasteiger partial charge in [-0.25, -0.2) is 19.9 Å². The van der Waals surface area contributed by atoms with E-state index in [2.05, 4.69) is 24.9 Å². The molecule has 0 fully saturated rings. The number of nitrogens with two attached hydrogens (primary N) is 1. The Labute approximate surface area is 112 Å². The first-order valence-corrected chi connectivity index (χ1v) is 6.18. The molecule has 7 nitrogen and oxygen atoms in total. The number of amidine groups is 1. The lowest BCUT2D eigenvalue weighted by molar-refractivity contribution is 1.06. The van der Waals surface area contributed by atoms with Gasteiger partial charge in [0.05, 0.1) is 6.33 Å². The molecule has 8 heteroatoms. The highest BCUT2D eigenvalue weighted by atomic mass is 32.2. The van der Waals surface area contributed by atoms with Crippen LogP contribution in [0.4, 0.5) is 0 Å². The minimum absolute atomic E-state index is 0.0227. The van der Waals surface area contributed by atoms with Gasteiger partial charge >= 0.3 is 0 Å². The van der Waals surface area contributed by atoms with Gasteiger partial charge in [-0.15, -0.1) is 0 Å². The highest BCUT2D eigenvalue weighted by molar-refractivity contribution is 7.99. The number of nitrogens with zero attached hydrogens (tertiary/aromatic N) is 4. The number of aromatic nitrogens is 5. The molecule has 0 aromatic carbocycles. The molecule has 3 rings (SSSR count). The van der Waals surface area contributed by atoms with Crippen LogP contribution < -0.4 is 5.73 Å². The van der Waals surface area contributed by atoms with Gasteiger partial charge in [-0.2, -0.15) is 0 Å². The van der Waals surface area contributed by atoms with Gasteiger partial charge in [0.25, 0.3) is 0 Å². The molecule has 0 radical (unpaired) electrons. The largest absolute Gasteiger partial charge is 0.384 e. The SMILES string of the molecule is N=C(N)c1cccnc1Sc1ncnc2nc[nH]c12. The van der Waals surface area contributed by atoms with E-state index in [0.29, 0.717) is 21.3 Å². The molecule has 0 aliphatic heterocycles. The molecular formula is C11H9N7S. The summed E-state index contributed by atoms with van der Waals surface area (Å²) in [6.45, 7) is 0. The molecule has 3 heterocycles. The van der Waals surface area contributed by atoms with Crippen LogP contribution in [0.25, 0.3) is 11.2 Å². The Hall–Kier alpha value is -2.48. The summed E-state index contributed by atoms with van der Waals surface area (Å²) in [5, 5.41) is 8.87. The monoisotopic (exact) mass is 271 g/mol. The average Bonchev–Trinajstić information content (AvgIpc) is 2.88. The van der Waals surface area contributed by atoms with Crippen LogP contribution in [-0.2, 0) is 0 Å². The predicted octanol–water partition coefficient (Wildman–Crippen LogP) is 1.18. The number of rotatable bonds is 3. The van der Waals surface area contributed by atoms with Crippen LogP contribution in [0, 0.1) is 5.41 Å². The molecule has 0 amide bonds. The van der Waals surface area contributed by atoms with Crippen molar-refractivity contribution in [1.82, 2.24) is 24.9 Å². The zero-order valence-corrected chi connectivity index (χ0v) is 10.5. The second-order valence-corrected chi connectivity index (χ2v) is 4.63. The molecule has 0 saturated heterocycles. The smallest absolute Gasteiger partial charge is 0.181 e. The summed E-state index contributed by atoms with van der Waals surface area (Å²) >= 11 is 1.32. The Morgan fingerprint density at radius 3 is 2.95 bits per heavy atom. The Bertz CT molecular complexity index is 751. The fraction of sp³-hybridized carbons (Fsp3) is 0. The molecular weight excluding hydrogens is 262 g/mol. The minimum Gasteiger partial charge on any atom is -0.384 e. The summed E-state index contributed by atoms with van der Waals surface area (Å²) < 4.78 is 0. The summed E-state index contributed by atoms with van der Waals surface area (Å²) in [5.41, 5.74) is 7.46. The Morgan fingerprint density at radius 2 is 2.11 bits per heavy atom. The van der Waals surface area contributed by atoms with Crippen molar-refractivity contribution in [2.75, 3.05) is 0 Å². The fourth-order valence-corrected chi connectivity index (χ4v) is 2.53. The van der Waals surface area contributed by atoms with Crippen molar-refractivity contribution in [3.05, 3.63) is 36.5 Å². The number of nitrogen functional groups attached to an aromatic ring is 1. The highest BCUT2D eigenvalue weighted by Gasteiger charge is 2.12. The van der Waals surface area contributed by atoms with Gasteiger partial charge in [0.15, 0.2) is 5.65 Å². The normalized spacial score (nSPS) is 10.7. The minimum atomic E-state index is -0.0227. The molecule has 0 atom stereocenters. The van der Waals surface area contributed by atoms with E-state index in [1.165, 1.54) is 18.1 Å². The number of pyridine rings is 1. The lowest BCUT2D eigenvalue weighted by Gasteiger charge is -2.05. The standard InChI is InChI=1S/C11H9N7S/c12-8(13)6-2-1-3-14-10(6)19-11-7-9(16-4-15-7)17-5-18-11/h1-5H,(H3,12,13)(H,15,16,17,18). The average molecular weight is 271 g/mol. The third kappa shape index (κ3) is 2.13. The first kappa shape index (κ1) is 11.6. The lowest BCUT2D eigenvalue weighted by atomic mass is 10.3. The summed E-state index contributed by atoms with van der Waals surface area (Å²) in [6.07, 6.45) is 4.66. The quantitative estimate of drug-likeness (QED) is 0.374. The van der Waals surface area contributed by atoms with Gasteiger partial charge in [0.1, 0.15) is 27.7 Å². The predicted molar refractivity (Wildman–Crippen MR) is 71.1 cm³/mol. The topological polar surface area (TPSA) is 117 Å². The van der Waals surface area contributed by atoms with Crippen molar-refractivity contribution in [3.63, 3.8) is 0 Å². The molecule has 3 aromatic heterocycles. The zero-order chi connectivity index (χ0) is 13.2. The van der Waals surface area contributed by atoms with E-state index in [1.54, 1.807) is 24.7 Å². The van der Waals surface area contributed by atoms with Crippen molar-refractivity contribution >= 4 is 28.8 Å². The molecule has 0 spiro atoms. The summed E-state index contributed by atoms with van der Waals surface area (Å²) in [5.74, 6) is -0.0227. The van der Waals surface area contributed by atoms with Crippen LogP contribution in [0.15, 0.2) is 41.0 Å². The Morgan fingerprint density at radius 1 is 1.21 bits per heavy atom. The van der Waals surface area contributed by atoms with Gasteiger partial charge in [-0.1, -0.05) is 0 Å². The Kier molecular flexibility index (Phi) is 2.84. The van der Waals surface area contributed by atoms with Crippen molar-refractivity contribution < 1.29 is 0 Å². The van der Waals surface area contributed by atoms with E-state index in [4.69, 9.17) is 11.1 Å². The number of aromatic amines is 1. The third-order valence-corrected chi connectivity index (χ3v) is 3.46. The van der Waals surface area contributed by atoms with Crippen molar-refractivity contribution in [1.29, 1.82) is 5.41 Å². The van der Waals surface area contributed by atoms with Crippen molar-refractivity contribution in [3.8, 4) is 0 Å². The number of fused-ring (bicyclic) bond motifs is 1. The number of H-pyrrole nitrogens is 1. The number of nitrogens with one attached hydrogen (secondary N) is 2. The molecule has 3 aromatic rings. The Balaban J connectivity index is 2.06. The number of imidazole rings is 1. The van der Waals surface area contributed by atoms with E-state index in [9.17, 15) is 0 Å². The van der Waals surface area contributed by atoms with Gasteiger partial charge in [-0.3, -0.25) is 5.41 Å². The van der Waals surface area contributed by atoms with Gasteiger partial charge in [-0.05, 0) is 23.9 Å². The van der Waals surface area contributed by atoms with Gasteiger partial charge < -0.3 is 10.7 Å². The van der Waals surface area contributed by atoms with Crippen LogP contribution in [0.1, 0.15) is 5.56 Å². The van der Waals surface area contributed by atoms with E-state index in [1.807, 2.05) is 0 Å². The lowest BCUT2D eigenvalue weighted by Crippen LogP contribution is -2.12. The van der Waals surface area contributed by atoms with Crippen LogP contribution in [0.5, 0.6) is 0 Å². The zero-order valence-electron chi connectivity index (χ0n) is 9.66. The second kappa shape index (κ2) is 4.65. The van der Waals surface area contributed by atoms with E-state index >= 15 is 0 Å². The molecule has 0 bridgehead atoms. The third-order valence-electron chi connectivity index (χ3n) is 2.44. The van der Waals surface area contributed by atoms with Crippen molar-refractivity contribution in [2.24, 2.45) is 5.73 Å². The fourth-order valence-electron chi connectivity index (χ4n) is 1.59. The first-order valence-electron chi connectivity index (χ1n) is 5.37. The maximum Gasteiger partial charge on any atom is 0.181 e. The molecule has 4 N–H and O–H groups in total. The molecule has 19 heavy (non-hydrogen) atoms. The maximum atomic E-state index is 7.55. The first-order chi connectivity index (χ1) is 9.25. The summed E-state index contributed by atoms with van der Waals surface area (Å²) in [4.78, 5) is 19.5. The summed E-state index contributed by atoms with van der Waals surface area (Å²) in [6, 6.07) is 3.50. The molecule has 0 aliphatic carbocycles. The number of hydrogen-bond donors (Lipinski definition) is 3. The number of hydrogen-bond acceptors (Lipinski definition) is 6. The van der Waals surface area contributed by atoms with E-state index in [0.717, 1.165) is 5.52 Å². The second-order valence-electron chi connectivity index (χ2n) is 3.65. The highest BCUT2D eigenvalue weighted by Crippen LogP contribution is 2.30. The molecule has 0 unspecified atom stereocenters. The van der Waals surface area contributed by atoms with Crippen LogP contribution in [-0.4, -0.2) is 30.8 Å². The molecule has 0 aliphatic rings. The van der Waals surface area contributed by atoms with Crippen LogP contribution >= 0.6 is 11.8 Å². The van der Waals surface area contributed by atoms with E-state index in [-0.39, 0.29) is 5.84 Å². The van der Waals surface area contributed by atoms with Gasteiger partial charge in [0, 0.05) is 11.8 Å². The van der Waals surface area contributed by atoms with E-state index < -0.39 is 0 Å². The maximum absolute atomic E-state index is 7.55. The molecule has 94 valence electrons.